The van der Waals surface area contributed by atoms with Crippen LogP contribution in [0.3, 0.4) is 0 Å². The molecule has 1 saturated carbocycles. The van der Waals surface area contributed by atoms with E-state index >= 15 is 0 Å². The number of nitrogens with zero attached hydrogens (tertiary/aromatic N) is 3. The molecule has 5 nitrogen and oxygen atoms in total. The molecule has 1 heterocycles. The molecule has 3 aromatic carbocycles. The lowest BCUT2D eigenvalue weighted by Gasteiger charge is -2.36. The van der Waals surface area contributed by atoms with E-state index in [2.05, 4.69) is 16.3 Å². The van der Waals surface area contributed by atoms with E-state index in [0.717, 1.165) is 29.3 Å². The summed E-state index contributed by atoms with van der Waals surface area (Å²) < 4.78 is 0. The zero-order valence-electron chi connectivity index (χ0n) is 22.1. The summed E-state index contributed by atoms with van der Waals surface area (Å²) in [6, 6.07) is 23.3. The smallest absolute Gasteiger partial charge is 0.307 e. The number of nitrogens with one attached hydrogen (secondary N) is 1. The van der Waals surface area contributed by atoms with Gasteiger partial charge in [-0.3, -0.25) is 4.90 Å². The predicted octanol–water partition coefficient (Wildman–Crippen LogP) is 8.62. The molecule has 0 atom stereocenters. The van der Waals surface area contributed by atoms with Gasteiger partial charge in [0.25, 0.3) is 0 Å². The summed E-state index contributed by atoms with van der Waals surface area (Å²) in [5.41, 5.74) is 3.98. The number of benzene rings is 3. The molecule has 2 aliphatic rings. The van der Waals surface area contributed by atoms with Crippen LogP contribution in [0.4, 0.5) is 16.2 Å². The Morgan fingerprint density at radius 3 is 2.28 bits per heavy atom. The minimum absolute atomic E-state index is 0.212. The monoisotopic (exact) mass is 560 g/mol. The molecule has 1 saturated heterocycles. The summed E-state index contributed by atoms with van der Waals surface area (Å²) in [7, 11) is 0. The number of hydrogen-bond donors (Lipinski definition) is 1. The molecule has 0 bridgehead atoms. The van der Waals surface area contributed by atoms with E-state index in [1.807, 2.05) is 47.4 Å². The first-order valence-corrected chi connectivity index (χ1v) is 14.6. The van der Waals surface area contributed by atoms with Crippen LogP contribution < -0.4 is 10.2 Å². The first-order valence-electron chi connectivity index (χ1n) is 13.9. The van der Waals surface area contributed by atoms with Crippen LogP contribution in [0.2, 0.25) is 10.0 Å². The van der Waals surface area contributed by atoms with E-state index in [0.29, 0.717) is 33.8 Å². The molecule has 3 aromatic rings. The third-order valence-electron chi connectivity index (χ3n) is 8.11. The van der Waals surface area contributed by atoms with Crippen molar-refractivity contribution in [3.63, 3.8) is 0 Å². The Hall–Kier alpha value is -3.04. The highest BCUT2D eigenvalue weighted by molar-refractivity contribution is 6.35. The molecule has 1 aliphatic heterocycles. The maximum atomic E-state index is 13.6. The van der Waals surface area contributed by atoms with Gasteiger partial charge >= 0.3 is 6.03 Å². The van der Waals surface area contributed by atoms with Crippen molar-refractivity contribution in [3.05, 3.63) is 82.3 Å². The number of anilines is 2. The number of hydrogen-bond acceptors (Lipinski definition) is 3. The molecular formula is C32H34Cl2N4O. The largest absolute Gasteiger partial charge is 0.326 e. The maximum Gasteiger partial charge on any atom is 0.326 e. The van der Waals surface area contributed by atoms with Crippen molar-refractivity contribution in [1.29, 1.82) is 5.26 Å². The second-order valence-electron chi connectivity index (χ2n) is 10.7. The van der Waals surface area contributed by atoms with E-state index in [-0.39, 0.29) is 6.03 Å². The molecule has 7 heteroatoms. The van der Waals surface area contributed by atoms with Crippen LogP contribution in [-0.4, -0.2) is 36.6 Å². The molecular weight excluding hydrogens is 527 g/mol. The lowest BCUT2D eigenvalue weighted by Crippen LogP contribution is -2.41. The van der Waals surface area contributed by atoms with Crippen molar-refractivity contribution >= 4 is 40.6 Å². The van der Waals surface area contributed by atoms with Crippen LogP contribution in [0.25, 0.3) is 11.1 Å². The van der Waals surface area contributed by atoms with E-state index in [9.17, 15) is 10.1 Å². The highest BCUT2D eigenvalue weighted by Crippen LogP contribution is 2.31. The van der Waals surface area contributed by atoms with Crippen molar-refractivity contribution < 1.29 is 4.79 Å². The van der Waals surface area contributed by atoms with Gasteiger partial charge in [-0.2, -0.15) is 5.26 Å². The fourth-order valence-corrected chi connectivity index (χ4v) is 6.48. The molecule has 5 rings (SSSR count). The van der Waals surface area contributed by atoms with Gasteiger partial charge in [-0.15, -0.1) is 0 Å². The summed E-state index contributed by atoms with van der Waals surface area (Å²) in [6.07, 6.45) is 8.76. The average Bonchev–Trinajstić information content (AvgIpc) is 3.48. The number of amides is 2. The second-order valence-corrected chi connectivity index (χ2v) is 11.6. The quantitative estimate of drug-likeness (QED) is 0.314. The zero-order valence-corrected chi connectivity index (χ0v) is 23.6. The Bertz CT molecular complexity index is 1300. The van der Waals surface area contributed by atoms with Crippen molar-refractivity contribution in [3.8, 4) is 17.2 Å². The zero-order chi connectivity index (χ0) is 27.2. The second kappa shape index (κ2) is 12.9. The summed E-state index contributed by atoms with van der Waals surface area (Å²) in [4.78, 5) is 18.1. The van der Waals surface area contributed by atoms with Gasteiger partial charge < -0.3 is 10.2 Å². The van der Waals surface area contributed by atoms with Crippen LogP contribution in [0.5, 0.6) is 0 Å². The van der Waals surface area contributed by atoms with Crippen LogP contribution >= 0.6 is 23.2 Å². The van der Waals surface area contributed by atoms with E-state index < -0.39 is 0 Å². The molecule has 0 radical (unpaired) electrons. The van der Waals surface area contributed by atoms with Gasteiger partial charge in [0.1, 0.15) is 0 Å². The topological polar surface area (TPSA) is 59.4 Å². The first-order chi connectivity index (χ1) is 19.0. The number of halogens is 2. The lowest BCUT2D eigenvalue weighted by molar-refractivity contribution is 0.131. The number of carbonyl (C=O) groups excluding carboxylic acids is 1. The van der Waals surface area contributed by atoms with Crippen LogP contribution in [0, 0.1) is 17.2 Å². The summed E-state index contributed by atoms with van der Waals surface area (Å²) in [5, 5.41) is 13.2. The highest BCUT2D eigenvalue weighted by atomic mass is 35.5. The maximum absolute atomic E-state index is 13.6. The Morgan fingerprint density at radius 1 is 0.923 bits per heavy atom. The van der Waals surface area contributed by atoms with Crippen molar-refractivity contribution in [2.75, 3.05) is 29.9 Å². The number of likely N-dealkylation sites (tertiary alicyclic amines) is 1. The molecule has 2 fully saturated rings. The fraction of sp³-hybridized carbons (Fsp3) is 0.375. The van der Waals surface area contributed by atoms with Crippen molar-refractivity contribution in [2.24, 2.45) is 5.92 Å². The molecule has 39 heavy (non-hydrogen) atoms. The molecule has 0 spiro atoms. The normalized spacial score (nSPS) is 16.6. The molecule has 0 aromatic heterocycles. The predicted molar refractivity (Wildman–Crippen MR) is 161 cm³/mol. The van der Waals surface area contributed by atoms with Crippen LogP contribution in [0.1, 0.15) is 50.5 Å². The summed E-state index contributed by atoms with van der Waals surface area (Å²) in [6.45, 7) is 2.95. The Balaban J connectivity index is 1.30. The molecule has 0 unspecified atom stereocenters. The third-order valence-corrected chi connectivity index (χ3v) is 8.55. The van der Waals surface area contributed by atoms with Crippen LogP contribution in [0.15, 0.2) is 66.7 Å². The Kier molecular flexibility index (Phi) is 9.09. The van der Waals surface area contributed by atoms with Gasteiger partial charge in [0, 0.05) is 34.0 Å². The standard InChI is InChI=1S/C32H34Cl2N4O/c33-27-19-28(34)21-29(20-27)36-32(39)38(17-14-23-12-15-37(16-13-23)30-6-1-2-7-30)31-10-8-25(9-11-31)26-5-3-4-24(18-26)22-35/h3-5,8-11,18-21,23,30H,1-2,6-7,12-17H2,(H,36,39). The Morgan fingerprint density at radius 2 is 1.62 bits per heavy atom. The number of piperidine rings is 1. The lowest BCUT2D eigenvalue weighted by atomic mass is 9.92. The number of urea groups is 1. The van der Waals surface area contributed by atoms with Crippen molar-refractivity contribution in [1.82, 2.24) is 4.90 Å². The van der Waals surface area contributed by atoms with E-state index in [1.54, 1.807) is 24.3 Å². The average molecular weight is 562 g/mol. The minimum atomic E-state index is -0.212. The van der Waals surface area contributed by atoms with Gasteiger partial charge in [0.2, 0.25) is 0 Å². The first kappa shape index (κ1) is 27.5. The van der Waals surface area contributed by atoms with Gasteiger partial charge in [-0.1, -0.05) is 60.3 Å². The molecule has 2 amide bonds. The molecule has 1 aliphatic carbocycles. The minimum Gasteiger partial charge on any atom is -0.307 e. The molecule has 1 N–H and O–H groups in total. The van der Waals surface area contributed by atoms with Crippen molar-refractivity contribution in [2.45, 2.75) is 51.0 Å². The van der Waals surface area contributed by atoms with Gasteiger partial charge in [-0.25, -0.2) is 4.79 Å². The van der Waals surface area contributed by atoms with E-state index in [4.69, 9.17) is 23.2 Å². The van der Waals surface area contributed by atoms with E-state index in [1.165, 1.54) is 51.6 Å². The van der Waals surface area contributed by atoms with Crippen LogP contribution in [-0.2, 0) is 0 Å². The number of rotatable bonds is 7. The summed E-state index contributed by atoms with van der Waals surface area (Å²) in [5.74, 6) is 0.603. The Labute approximate surface area is 241 Å². The molecule has 202 valence electrons. The van der Waals surface area contributed by atoms with Gasteiger partial charge in [0.05, 0.1) is 11.6 Å². The number of nitriles is 1. The summed E-state index contributed by atoms with van der Waals surface area (Å²) >= 11 is 12.4. The fourth-order valence-electron chi connectivity index (χ4n) is 5.95. The number of carbonyl (C=O) groups is 1. The third kappa shape index (κ3) is 7.13. The highest BCUT2D eigenvalue weighted by Gasteiger charge is 2.28. The van der Waals surface area contributed by atoms with Gasteiger partial charge in [0.15, 0.2) is 0 Å². The van der Waals surface area contributed by atoms with Gasteiger partial charge in [-0.05, 0) is 105 Å². The SMILES string of the molecule is N#Cc1cccc(-c2ccc(N(CCC3CCN(C4CCCC4)CC3)C(=O)Nc3cc(Cl)cc(Cl)c3)cc2)c1.